The van der Waals surface area contributed by atoms with Crippen LogP contribution in [0.1, 0.15) is 11.3 Å². The highest BCUT2D eigenvalue weighted by Gasteiger charge is 2.03. The Kier molecular flexibility index (Phi) is 2.94. The van der Waals surface area contributed by atoms with E-state index < -0.39 is 0 Å². The highest BCUT2D eigenvalue weighted by molar-refractivity contribution is 7.13. The topological polar surface area (TPSA) is 37.8 Å². The number of aryl methyl sites for hydroxylation is 1. The van der Waals surface area contributed by atoms with Crippen molar-refractivity contribution in [1.29, 1.82) is 0 Å². The predicted molar refractivity (Wildman–Crippen MR) is 75.9 cm³/mol. The summed E-state index contributed by atoms with van der Waals surface area (Å²) in [4.78, 5) is 8.83. The molecule has 0 bridgehead atoms. The van der Waals surface area contributed by atoms with E-state index in [1.54, 1.807) is 11.3 Å². The van der Waals surface area contributed by atoms with E-state index >= 15 is 0 Å². The first-order chi connectivity index (χ1) is 8.83. The van der Waals surface area contributed by atoms with Gasteiger partial charge in [0.2, 0.25) is 0 Å². The smallest absolute Gasteiger partial charge is 0.183 e. The van der Waals surface area contributed by atoms with E-state index in [1.807, 2.05) is 24.6 Å². The average Bonchev–Trinajstić information content (AvgIpc) is 2.82. The molecule has 0 radical (unpaired) electrons. The van der Waals surface area contributed by atoms with Crippen molar-refractivity contribution in [2.24, 2.45) is 0 Å². The van der Waals surface area contributed by atoms with Gasteiger partial charge in [-0.05, 0) is 18.6 Å². The molecule has 90 valence electrons. The minimum atomic E-state index is 0.751. The number of hydrogen-bond donors (Lipinski definition) is 1. The summed E-state index contributed by atoms with van der Waals surface area (Å²) < 4.78 is 0. The first-order valence-electron chi connectivity index (χ1n) is 5.81. The summed E-state index contributed by atoms with van der Waals surface area (Å²) in [6.45, 7) is 2.75. The van der Waals surface area contributed by atoms with Crippen LogP contribution in [-0.2, 0) is 6.54 Å². The summed E-state index contributed by atoms with van der Waals surface area (Å²) >= 11 is 1.63. The standard InChI is InChI=1S/C14H13N3S/c1-10-9-18-14(17-10)16-8-12-5-2-4-11-6-3-7-15-13(11)12/h2-7,9H,8H2,1H3,(H,16,17). The fraction of sp³-hybridized carbons (Fsp3) is 0.143. The maximum Gasteiger partial charge on any atom is 0.183 e. The number of para-hydroxylation sites is 1. The van der Waals surface area contributed by atoms with Crippen molar-refractivity contribution in [3.8, 4) is 0 Å². The van der Waals surface area contributed by atoms with Crippen molar-refractivity contribution >= 4 is 27.4 Å². The van der Waals surface area contributed by atoms with Crippen LogP contribution in [0.25, 0.3) is 10.9 Å². The van der Waals surface area contributed by atoms with Gasteiger partial charge in [-0.3, -0.25) is 4.98 Å². The first-order valence-corrected chi connectivity index (χ1v) is 6.69. The molecule has 0 fully saturated rings. The number of hydrogen-bond acceptors (Lipinski definition) is 4. The Labute approximate surface area is 110 Å². The Morgan fingerprint density at radius 2 is 2.11 bits per heavy atom. The van der Waals surface area contributed by atoms with Gasteiger partial charge in [-0.2, -0.15) is 0 Å². The van der Waals surface area contributed by atoms with Crippen LogP contribution in [0.3, 0.4) is 0 Å². The molecule has 2 aromatic heterocycles. The lowest BCUT2D eigenvalue weighted by Gasteiger charge is -2.06. The number of benzene rings is 1. The second-order valence-electron chi connectivity index (χ2n) is 4.14. The third-order valence-electron chi connectivity index (χ3n) is 2.77. The molecule has 4 heteroatoms. The van der Waals surface area contributed by atoms with Gasteiger partial charge in [0.05, 0.1) is 11.2 Å². The number of thiazole rings is 1. The molecule has 1 N–H and O–H groups in total. The molecule has 0 aliphatic heterocycles. The van der Waals surface area contributed by atoms with Gasteiger partial charge in [-0.15, -0.1) is 11.3 Å². The number of nitrogens with one attached hydrogen (secondary N) is 1. The van der Waals surface area contributed by atoms with Crippen LogP contribution in [0.5, 0.6) is 0 Å². The quantitative estimate of drug-likeness (QED) is 0.777. The third kappa shape index (κ3) is 2.19. The summed E-state index contributed by atoms with van der Waals surface area (Å²) in [5.74, 6) is 0. The van der Waals surface area contributed by atoms with E-state index in [4.69, 9.17) is 0 Å². The largest absolute Gasteiger partial charge is 0.357 e. The summed E-state index contributed by atoms with van der Waals surface area (Å²) in [5, 5.41) is 7.52. The van der Waals surface area contributed by atoms with E-state index in [0.29, 0.717) is 0 Å². The number of aromatic nitrogens is 2. The number of fused-ring (bicyclic) bond motifs is 1. The molecule has 0 saturated heterocycles. The van der Waals surface area contributed by atoms with Crippen LogP contribution in [0.2, 0.25) is 0 Å². The SMILES string of the molecule is Cc1csc(NCc2cccc3cccnc23)n1. The first kappa shape index (κ1) is 11.2. The maximum absolute atomic E-state index is 4.44. The summed E-state index contributed by atoms with van der Waals surface area (Å²) in [6, 6.07) is 10.3. The molecule has 3 aromatic rings. The minimum Gasteiger partial charge on any atom is -0.357 e. The zero-order valence-electron chi connectivity index (χ0n) is 10.1. The second-order valence-corrected chi connectivity index (χ2v) is 5.00. The van der Waals surface area contributed by atoms with Crippen molar-refractivity contribution in [2.45, 2.75) is 13.5 Å². The van der Waals surface area contributed by atoms with Crippen LogP contribution in [-0.4, -0.2) is 9.97 Å². The lowest BCUT2D eigenvalue weighted by Crippen LogP contribution is -2.00. The van der Waals surface area contributed by atoms with Gasteiger partial charge in [-0.25, -0.2) is 4.98 Å². The molecule has 0 aliphatic carbocycles. The van der Waals surface area contributed by atoms with Gasteiger partial charge < -0.3 is 5.32 Å². The Morgan fingerprint density at radius 3 is 2.94 bits per heavy atom. The van der Waals surface area contributed by atoms with Crippen LogP contribution in [0.4, 0.5) is 5.13 Å². The van der Waals surface area contributed by atoms with Crippen LogP contribution in [0.15, 0.2) is 41.9 Å². The Balaban J connectivity index is 1.86. The molecular weight excluding hydrogens is 242 g/mol. The van der Waals surface area contributed by atoms with Crippen molar-refractivity contribution in [2.75, 3.05) is 5.32 Å². The molecular formula is C14H13N3S. The Hall–Kier alpha value is -1.94. The molecule has 0 atom stereocenters. The third-order valence-corrected chi connectivity index (χ3v) is 3.68. The summed E-state index contributed by atoms with van der Waals surface area (Å²) in [6.07, 6.45) is 1.83. The number of anilines is 1. The fourth-order valence-electron chi connectivity index (χ4n) is 1.92. The lowest BCUT2D eigenvalue weighted by molar-refractivity contribution is 1.12. The monoisotopic (exact) mass is 255 g/mol. The molecule has 2 heterocycles. The highest BCUT2D eigenvalue weighted by Crippen LogP contribution is 2.19. The molecule has 0 amide bonds. The van der Waals surface area contributed by atoms with Gasteiger partial charge in [0.25, 0.3) is 0 Å². The zero-order chi connectivity index (χ0) is 12.4. The van der Waals surface area contributed by atoms with Crippen LogP contribution < -0.4 is 5.32 Å². The van der Waals surface area contributed by atoms with E-state index in [2.05, 4.69) is 39.6 Å². The van der Waals surface area contributed by atoms with Gasteiger partial charge in [0.1, 0.15) is 0 Å². The molecule has 3 nitrogen and oxygen atoms in total. The van der Waals surface area contributed by atoms with Gasteiger partial charge in [0, 0.05) is 23.5 Å². The fourth-order valence-corrected chi connectivity index (χ4v) is 2.60. The van der Waals surface area contributed by atoms with E-state index in [-0.39, 0.29) is 0 Å². The van der Waals surface area contributed by atoms with E-state index in [1.165, 1.54) is 10.9 Å². The maximum atomic E-state index is 4.44. The van der Waals surface area contributed by atoms with Crippen molar-refractivity contribution in [1.82, 2.24) is 9.97 Å². The molecule has 18 heavy (non-hydrogen) atoms. The second kappa shape index (κ2) is 4.74. The summed E-state index contributed by atoms with van der Waals surface area (Å²) in [7, 11) is 0. The van der Waals surface area contributed by atoms with Gasteiger partial charge in [-0.1, -0.05) is 24.3 Å². The zero-order valence-corrected chi connectivity index (χ0v) is 10.9. The van der Waals surface area contributed by atoms with Crippen molar-refractivity contribution < 1.29 is 0 Å². The summed E-state index contributed by atoms with van der Waals surface area (Å²) in [5.41, 5.74) is 3.31. The Morgan fingerprint density at radius 1 is 1.22 bits per heavy atom. The number of pyridine rings is 1. The number of nitrogens with zero attached hydrogens (tertiary/aromatic N) is 2. The van der Waals surface area contributed by atoms with Gasteiger partial charge in [0.15, 0.2) is 5.13 Å². The molecule has 0 aliphatic rings. The van der Waals surface area contributed by atoms with E-state index in [9.17, 15) is 0 Å². The Bertz CT molecular complexity index is 670. The van der Waals surface area contributed by atoms with Crippen molar-refractivity contribution in [3.63, 3.8) is 0 Å². The highest BCUT2D eigenvalue weighted by atomic mass is 32.1. The molecule has 0 saturated carbocycles. The number of rotatable bonds is 3. The predicted octanol–water partition coefficient (Wildman–Crippen LogP) is 3.61. The normalized spacial score (nSPS) is 10.7. The molecule has 1 aromatic carbocycles. The van der Waals surface area contributed by atoms with Crippen molar-refractivity contribution in [3.05, 3.63) is 53.2 Å². The van der Waals surface area contributed by atoms with E-state index in [0.717, 1.165) is 22.9 Å². The van der Waals surface area contributed by atoms with Gasteiger partial charge >= 0.3 is 0 Å². The average molecular weight is 255 g/mol. The lowest BCUT2D eigenvalue weighted by atomic mass is 10.1. The molecule has 3 rings (SSSR count). The molecule has 0 unspecified atom stereocenters. The van der Waals surface area contributed by atoms with Crippen LogP contribution >= 0.6 is 11.3 Å². The minimum absolute atomic E-state index is 0.751. The molecule has 0 spiro atoms. The van der Waals surface area contributed by atoms with Crippen LogP contribution in [0, 0.1) is 6.92 Å².